The van der Waals surface area contributed by atoms with Gasteiger partial charge in [0.15, 0.2) is 0 Å². The number of methoxy groups -OCH3 is 1. The van der Waals surface area contributed by atoms with Gasteiger partial charge in [-0.1, -0.05) is 24.3 Å². The Balaban J connectivity index is 1.59. The summed E-state index contributed by atoms with van der Waals surface area (Å²) in [5, 5.41) is 0.931. The molecule has 0 N–H and O–H groups in total. The van der Waals surface area contributed by atoms with Crippen molar-refractivity contribution in [3.8, 4) is 11.3 Å². The van der Waals surface area contributed by atoms with E-state index in [-0.39, 0.29) is 5.91 Å². The van der Waals surface area contributed by atoms with Gasteiger partial charge in [0.25, 0.3) is 5.91 Å². The molecule has 0 aliphatic carbocycles. The molecule has 0 spiro atoms. The summed E-state index contributed by atoms with van der Waals surface area (Å²) in [7, 11) is 1.71. The number of hydrogen-bond donors (Lipinski definition) is 0. The van der Waals surface area contributed by atoms with E-state index in [1.165, 1.54) is 11.3 Å². The van der Waals surface area contributed by atoms with E-state index in [1.807, 2.05) is 37.1 Å². The molecule has 1 aliphatic heterocycles. The van der Waals surface area contributed by atoms with E-state index in [1.54, 1.807) is 7.11 Å². The normalized spacial score (nSPS) is 14.0. The smallest absolute Gasteiger partial charge is 0.265 e. The predicted octanol–water partition coefficient (Wildman–Crippen LogP) is 3.47. The average molecular weight is 397 g/mol. The van der Waals surface area contributed by atoms with Crippen LogP contribution >= 0.6 is 11.3 Å². The molecular weight excluding hydrogens is 372 g/mol. The van der Waals surface area contributed by atoms with E-state index in [9.17, 15) is 4.79 Å². The van der Waals surface area contributed by atoms with E-state index in [0.29, 0.717) is 19.7 Å². The Hall–Kier alpha value is -2.51. The topological polar surface area (TPSA) is 60.2 Å². The summed E-state index contributed by atoms with van der Waals surface area (Å²) in [5.74, 6) is 1.10. The van der Waals surface area contributed by atoms with Gasteiger partial charge < -0.3 is 14.2 Å². The molecule has 4 rings (SSSR count). The van der Waals surface area contributed by atoms with Gasteiger partial charge in [0.2, 0.25) is 0 Å². The Bertz CT molecular complexity index is 1010. The number of aromatic nitrogens is 3. The predicted molar refractivity (Wildman–Crippen MR) is 110 cm³/mol. The second-order valence-electron chi connectivity index (χ2n) is 6.99. The second-order valence-corrected chi connectivity index (χ2v) is 8.19. The molecule has 0 saturated carbocycles. The minimum Gasteiger partial charge on any atom is -0.380 e. The first-order chi connectivity index (χ1) is 13.6. The summed E-state index contributed by atoms with van der Waals surface area (Å²) in [6.45, 7) is 6.48. The Kier molecular flexibility index (Phi) is 5.28. The number of benzene rings is 1. The SMILES string of the molecule is COCc1ccccc1-c1cnc2n1CCN(C(=O)c1sc(C)nc1C)CC2. The van der Waals surface area contributed by atoms with Crippen LogP contribution in [0.2, 0.25) is 0 Å². The quantitative estimate of drug-likeness (QED) is 0.678. The van der Waals surface area contributed by atoms with Gasteiger partial charge in [0, 0.05) is 38.7 Å². The zero-order valence-electron chi connectivity index (χ0n) is 16.4. The monoisotopic (exact) mass is 396 g/mol. The van der Waals surface area contributed by atoms with Crippen LogP contribution in [-0.2, 0) is 24.3 Å². The summed E-state index contributed by atoms with van der Waals surface area (Å²) < 4.78 is 7.60. The maximum Gasteiger partial charge on any atom is 0.265 e. The van der Waals surface area contributed by atoms with Crippen molar-refractivity contribution in [1.82, 2.24) is 19.4 Å². The largest absolute Gasteiger partial charge is 0.380 e. The van der Waals surface area contributed by atoms with Crippen LogP contribution in [0.5, 0.6) is 0 Å². The number of imidazole rings is 1. The zero-order valence-corrected chi connectivity index (χ0v) is 17.3. The minimum absolute atomic E-state index is 0.0789. The van der Waals surface area contributed by atoms with Gasteiger partial charge in [-0.05, 0) is 19.4 Å². The molecule has 7 heteroatoms. The summed E-state index contributed by atoms with van der Waals surface area (Å²) in [5.41, 5.74) is 4.18. The number of hydrogen-bond acceptors (Lipinski definition) is 5. The van der Waals surface area contributed by atoms with E-state index >= 15 is 0 Å². The molecule has 0 bridgehead atoms. The number of fused-ring (bicyclic) bond motifs is 1. The molecule has 0 fully saturated rings. The molecule has 6 nitrogen and oxygen atoms in total. The van der Waals surface area contributed by atoms with Gasteiger partial charge in [-0.15, -0.1) is 11.3 Å². The third-order valence-electron chi connectivity index (χ3n) is 5.12. The molecule has 1 aliphatic rings. The number of rotatable bonds is 4. The van der Waals surface area contributed by atoms with Gasteiger partial charge in [-0.3, -0.25) is 4.79 Å². The highest BCUT2D eigenvalue weighted by Crippen LogP contribution is 2.27. The Morgan fingerprint density at radius 1 is 1.21 bits per heavy atom. The van der Waals surface area contributed by atoms with Crippen molar-refractivity contribution < 1.29 is 9.53 Å². The first-order valence-corrected chi connectivity index (χ1v) is 10.2. The highest BCUT2D eigenvalue weighted by molar-refractivity contribution is 7.13. The van der Waals surface area contributed by atoms with Gasteiger partial charge >= 0.3 is 0 Å². The Morgan fingerprint density at radius 3 is 2.79 bits per heavy atom. The molecule has 1 amide bonds. The van der Waals surface area contributed by atoms with Crippen LogP contribution in [0.25, 0.3) is 11.3 Å². The van der Waals surface area contributed by atoms with Crippen molar-refractivity contribution in [2.24, 2.45) is 0 Å². The molecule has 3 aromatic rings. The average Bonchev–Trinajstić information content (AvgIpc) is 3.17. The first kappa shape index (κ1) is 18.8. The Labute approximate surface area is 168 Å². The van der Waals surface area contributed by atoms with Crippen molar-refractivity contribution in [3.05, 3.63) is 57.4 Å². The van der Waals surface area contributed by atoms with Crippen molar-refractivity contribution >= 4 is 17.2 Å². The number of carbonyl (C=O) groups is 1. The summed E-state index contributed by atoms with van der Waals surface area (Å²) >= 11 is 1.48. The van der Waals surface area contributed by atoms with Crippen molar-refractivity contribution in [3.63, 3.8) is 0 Å². The number of aryl methyl sites for hydroxylation is 2. The van der Waals surface area contributed by atoms with Crippen molar-refractivity contribution in [2.75, 3.05) is 20.2 Å². The third-order valence-corrected chi connectivity index (χ3v) is 6.18. The van der Waals surface area contributed by atoms with E-state index in [2.05, 4.69) is 26.7 Å². The lowest BCUT2D eigenvalue weighted by atomic mass is 10.1. The fourth-order valence-electron chi connectivity index (χ4n) is 3.77. The van der Waals surface area contributed by atoms with Crippen molar-refractivity contribution in [1.29, 1.82) is 0 Å². The highest BCUT2D eigenvalue weighted by Gasteiger charge is 2.25. The second kappa shape index (κ2) is 7.85. The van der Waals surface area contributed by atoms with Gasteiger partial charge in [0.05, 0.1) is 29.2 Å². The molecule has 3 heterocycles. The van der Waals surface area contributed by atoms with Crippen LogP contribution in [-0.4, -0.2) is 45.5 Å². The zero-order chi connectivity index (χ0) is 19.7. The standard InChI is InChI=1S/C21H24N4O2S/c1-14-20(28-15(2)23-14)21(26)24-9-8-19-22-12-18(25(19)11-10-24)17-7-5-4-6-16(17)13-27-3/h4-7,12H,8-11,13H2,1-3H3. The molecule has 28 heavy (non-hydrogen) atoms. The van der Waals surface area contributed by atoms with Crippen LogP contribution in [0.3, 0.4) is 0 Å². The van der Waals surface area contributed by atoms with Gasteiger partial charge in [-0.25, -0.2) is 9.97 Å². The molecule has 0 atom stereocenters. The lowest BCUT2D eigenvalue weighted by Crippen LogP contribution is -2.33. The molecule has 1 aromatic carbocycles. The minimum atomic E-state index is 0.0789. The van der Waals surface area contributed by atoms with Gasteiger partial charge in [-0.2, -0.15) is 0 Å². The maximum atomic E-state index is 13.0. The first-order valence-electron chi connectivity index (χ1n) is 9.43. The summed E-state index contributed by atoms with van der Waals surface area (Å²) in [6.07, 6.45) is 2.69. The van der Waals surface area contributed by atoms with E-state index in [0.717, 1.165) is 51.2 Å². The lowest BCUT2D eigenvalue weighted by Gasteiger charge is -2.19. The van der Waals surface area contributed by atoms with Crippen LogP contribution in [0, 0.1) is 13.8 Å². The van der Waals surface area contributed by atoms with Crippen LogP contribution < -0.4 is 0 Å². The highest BCUT2D eigenvalue weighted by atomic mass is 32.1. The van der Waals surface area contributed by atoms with E-state index < -0.39 is 0 Å². The molecule has 2 aromatic heterocycles. The van der Waals surface area contributed by atoms with Crippen molar-refractivity contribution in [2.45, 2.75) is 33.4 Å². The number of nitrogens with zero attached hydrogens (tertiary/aromatic N) is 4. The fraction of sp³-hybridized carbons (Fsp3) is 0.381. The Morgan fingerprint density at radius 2 is 2.04 bits per heavy atom. The van der Waals surface area contributed by atoms with Crippen LogP contribution in [0.4, 0.5) is 0 Å². The number of carbonyl (C=O) groups excluding carboxylic acids is 1. The fourth-order valence-corrected chi connectivity index (χ4v) is 4.66. The maximum absolute atomic E-state index is 13.0. The molecule has 0 radical (unpaired) electrons. The number of ether oxygens (including phenoxy) is 1. The lowest BCUT2D eigenvalue weighted by molar-refractivity contribution is 0.0763. The molecular formula is C21H24N4O2S. The third kappa shape index (κ3) is 3.47. The molecule has 0 saturated heterocycles. The van der Waals surface area contributed by atoms with Crippen LogP contribution in [0.15, 0.2) is 30.5 Å². The van der Waals surface area contributed by atoms with Crippen LogP contribution in [0.1, 0.15) is 31.8 Å². The van der Waals surface area contributed by atoms with E-state index in [4.69, 9.17) is 4.74 Å². The number of amides is 1. The molecule has 146 valence electrons. The summed E-state index contributed by atoms with van der Waals surface area (Å²) in [4.78, 5) is 24.7. The van der Waals surface area contributed by atoms with Gasteiger partial charge in [0.1, 0.15) is 10.7 Å². The summed E-state index contributed by atoms with van der Waals surface area (Å²) in [6, 6.07) is 8.25. The number of thiazole rings is 1. The molecule has 0 unspecified atom stereocenters.